The van der Waals surface area contributed by atoms with Crippen LogP contribution in [0.25, 0.3) is 0 Å². The van der Waals surface area contributed by atoms with Crippen molar-refractivity contribution in [3.8, 4) is 11.5 Å². The van der Waals surface area contributed by atoms with Gasteiger partial charge in [-0.2, -0.15) is 9.78 Å². The summed E-state index contributed by atoms with van der Waals surface area (Å²) in [5, 5.41) is 14.8. The molecule has 6 nitrogen and oxygen atoms in total. The van der Waals surface area contributed by atoms with Crippen LogP contribution in [0, 0.1) is 6.92 Å². The molecular formula is C26H24Cl2N4O2S. The Labute approximate surface area is 218 Å². The number of hydrogen-bond acceptors (Lipinski definition) is 6. The highest BCUT2D eigenvalue weighted by atomic mass is 35.5. The molecule has 0 N–H and O–H groups in total. The molecule has 4 aromatic rings. The second kappa shape index (κ2) is 12.1. The lowest BCUT2D eigenvalue weighted by Crippen LogP contribution is -2.01. The minimum atomic E-state index is 0.340. The van der Waals surface area contributed by atoms with Crippen molar-refractivity contribution in [2.75, 3.05) is 6.61 Å². The summed E-state index contributed by atoms with van der Waals surface area (Å²) in [6.45, 7) is 4.66. The maximum atomic E-state index is 6.11. The van der Waals surface area contributed by atoms with Crippen LogP contribution in [0.5, 0.6) is 11.5 Å². The molecule has 3 aromatic carbocycles. The highest BCUT2D eigenvalue weighted by molar-refractivity contribution is 7.98. The summed E-state index contributed by atoms with van der Waals surface area (Å²) >= 11 is 13.7. The van der Waals surface area contributed by atoms with Crippen LogP contribution in [0.15, 0.2) is 77.0 Å². The molecule has 0 fully saturated rings. The number of nitrogens with zero attached hydrogens (tertiary/aromatic N) is 4. The van der Waals surface area contributed by atoms with Crippen LogP contribution in [0.1, 0.15) is 29.4 Å². The van der Waals surface area contributed by atoms with E-state index in [-0.39, 0.29) is 0 Å². The molecule has 0 bridgehead atoms. The number of hydrogen-bond donors (Lipinski definition) is 0. The standard InChI is InChI=1S/C26H24Cl2N4O2S/c1-3-33-25-14-20(10-12-24(25)34-16-21-9-11-22(27)23(28)13-21)15-29-32-18(2)30-31-26(32)35-17-19-7-5-4-6-8-19/h4-15H,3,16-17H2,1-2H3/b29-15+. The quantitative estimate of drug-likeness (QED) is 0.163. The fourth-order valence-electron chi connectivity index (χ4n) is 3.19. The van der Waals surface area contributed by atoms with E-state index >= 15 is 0 Å². The van der Waals surface area contributed by atoms with Crippen molar-refractivity contribution in [2.45, 2.75) is 31.4 Å². The van der Waals surface area contributed by atoms with E-state index in [9.17, 15) is 0 Å². The molecule has 9 heteroatoms. The number of aromatic nitrogens is 3. The number of aryl methyl sites for hydroxylation is 1. The third-order valence-electron chi connectivity index (χ3n) is 4.95. The molecule has 0 unspecified atom stereocenters. The van der Waals surface area contributed by atoms with E-state index in [1.165, 1.54) is 5.56 Å². The first-order chi connectivity index (χ1) is 17.0. The Bertz CT molecular complexity index is 1310. The number of thioether (sulfide) groups is 1. The van der Waals surface area contributed by atoms with Crippen LogP contribution < -0.4 is 9.47 Å². The van der Waals surface area contributed by atoms with Gasteiger partial charge in [0.1, 0.15) is 6.61 Å². The molecule has 0 aliphatic heterocycles. The topological polar surface area (TPSA) is 61.5 Å². The monoisotopic (exact) mass is 526 g/mol. The lowest BCUT2D eigenvalue weighted by atomic mass is 10.2. The normalized spacial score (nSPS) is 11.2. The van der Waals surface area contributed by atoms with E-state index in [4.69, 9.17) is 32.7 Å². The summed E-state index contributed by atoms with van der Waals surface area (Å²) < 4.78 is 13.5. The predicted octanol–water partition coefficient (Wildman–Crippen LogP) is 7.05. The number of benzene rings is 3. The maximum absolute atomic E-state index is 6.11. The van der Waals surface area contributed by atoms with E-state index in [1.54, 1.807) is 34.8 Å². The van der Waals surface area contributed by atoms with Gasteiger partial charge in [0.05, 0.1) is 22.9 Å². The summed E-state index contributed by atoms with van der Waals surface area (Å²) in [6, 6.07) is 21.3. The highest BCUT2D eigenvalue weighted by Gasteiger charge is 2.10. The minimum absolute atomic E-state index is 0.340. The van der Waals surface area contributed by atoms with E-state index in [0.29, 0.717) is 40.6 Å². The van der Waals surface area contributed by atoms with Crippen LogP contribution in [0.4, 0.5) is 0 Å². The van der Waals surface area contributed by atoms with E-state index < -0.39 is 0 Å². The largest absolute Gasteiger partial charge is 0.490 e. The van der Waals surface area contributed by atoms with Gasteiger partial charge in [-0.25, -0.2) is 0 Å². The molecule has 0 saturated carbocycles. The molecule has 0 aliphatic rings. The van der Waals surface area contributed by atoms with Gasteiger partial charge < -0.3 is 9.47 Å². The molecule has 0 atom stereocenters. The smallest absolute Gasteiger partial charge is 0.212 e. The summed E-state index contributed by atoms with van der Waals surface area (Å²) in [7, 11) is 0. The molecule has 1 aromatic heterocycles. The van der Waals surface area contributed by atoms with Gasteiger partial charge in [0.25, 0.3) is 0 Å². The Kier molecular flexibility index (Phi) is 8.69. The van der Waals surface area contributed by atoms with Crippen LogP contribution in [-0.2, 0) is 12.4 Å². The summed E-state index contributed by atoms with van der Waals surface area (Å²) in [5.74, 6) is 2.77. The van der Waals surface area contributed by atoms with Crippen LogP contribution in [-0.4, -0.2) is 27.7 Å². The van der Waals surface area contributed by atoms with E-state index in [1.807, 2.05) is 56.3 Å². The molecule has 1 heterocycles. The minimum Gasteiger partial charge on any atom is -0.490 e. The van der Waals surface area contributed by atoms with Crippen molar-refractivity contribution in [3.05, 3.63) is 99.3 Å². The van der Waals surface area contributed by atoms with Gasteiger partial charge in [-0.3, -0.25) is 0 Å². The molecule has 0 spiro atoms. The fraction of sp³-hybridized carbons (Fsp3) is 0.192. The van der Waals surface area contributed by atoms with Crippen LogP contribution in [0.2, 0.25) is 10.0 Å². The Morgan fingerprint density at radius 3 is 2.51 bits per heavy atom. The van der Waals surface area contributed by atoms with Crippen LogP contribution >= 0.6 is 35.0 Å². The SMILES string of the molecule is CCOc1cc(/C=N/n2c(C)nnc2SCc2ccccc2)ccc1OCc1ccc(Cl)c(Cl)c1. The van der Waals surface area contributed by atoms with Gasteiger partial charge in [0, 0.05) is 5.75 Å². The molecule has 180 valence electrons. The summed E-state index contributed by atoms with van der Waals surface area (Å²) in [5.41, 5.74) is 2.99. The number of ether oxygens (including phenoxy) is 2. The lowest BCUT2D eigenvalue weighted by Gasteiger charge is -2.13. The van der Waals surface area contributed by atoms with Crippen LogP contribution in [0.3, 0.4) is 0 Å². The highest BCUT2D eigenvalue weighted by Crippen LogP contribution is 2.30. The predicted molar refractivity (Wildman–Crippen MR) is 142 cm³/mol. The molecule has 35 heavy (non-hydrogen) atoms. The van der Waals surface area contributed by atoms with E-state index in [0.717, 1.165) is 22.0 Å². The zero-order valence-corrected chi connectivity index (χ0v) is 21.6. The third-order valence-corrected chi connectivity index (χ3v) is 6.68. The third kappa shape index (κ3) is 6.78. The fourth-order valence-corrected chi connectivity index (χ4v) is 4.40. The molecule has 4 rings (SSSR count). The van der Waals surface area contributed by atoms with Crippen molar-refractivity contribution in [3.63, 3.8) is 0 Å². The Balaban J connectivity index is 1.47. The van der Waals surface area contributed by atoms with Gasteiger partial charge in [0.2, 0.25) is 5.16 Å². The van der Waals surface area contributed by atoms with Crippen molar-refractivity contribution < 1.29 is 9.47 Å². The summed E-state index contributed by atoms with van der Waals surface area (Å²) in [6.07, 6.45) is 1.76. The first-order valence-electron chi connectivity index (χ1n) is 11.0. The van der Waals surface area contributed by atoms with Gasteiger partial charge >= 0.3 is 0 Å². The Morgan fingerprint density at radius 2 is 1.74 bits per heavy atom. The van der Waals surface area contributed by atoms with Crippen molar-refractivity contribution in [1.82, 2.24) is 14.9 Å². The average Bonchev–Trinajstić information content (AvgIpc) is 3.22. The van der Waals surface area contributed by atoms with Gasteiger partial charge in [-0.1, -0.05) is 71.4 Å². The molecule has 0 aliphatic carbocycles. The van der Waals surface area contributed by atoms with Crippen molar-refractivity contribution in [1.29, 1.82) is 0 Å². The maximum Gasteiger partial charge on any atom is 0.212 e. The Hall–Kier alpha value is -3.00. The molecule has 0 saturated heterocycles. The number of rotatable bonds is 10. The second-order valence-electron chi connectivity index (χ2n) is 7.54. The average molecular weight is 527 g/mol. The molecule has 0 amide bonds. The Morgan fingerprint density at radius 1 is 0.914 bits per heavy atom. The van der Waals surface area contributed by atoms with Gasteiger partial charge in [-0.15, -0.1) is 10.2 Å². The molecule has 0 radical (unpaired) electrons. The zero-order chi connectivity index (χ0) is 24.6. The molecular weight excluding hydrogens is 503 g/mol. The van der Waals surface area contributed by atoms with E-state index in [2.05, 4.69) is 27.4 Å². The first kappa shape index (κ1) is 25.1. The lowest BCUT2D eigenvalue weighted by molar-refractivity contribution is 0.269. The zero-order valence-electron chi connectivity index (χ0n) is 19.3. The first-order valence-corrected chi connectivity index (χ1v) is 12.7. The van der Waals surface area contributed by atoms with Gasteiger partial charge in [0.15, 0.2) is 17.3 Å². The number of halogens is 2. The van der Waals surface area contributed by atoms with Gasteiger partial charge in [-0.05, 0) is 60.9 Å². The second-order valence-corrected chi connectivity index (χ2v) is 9.29. The van der Waals surface area contributed by atoms with Crippen molar-refractivity contribution in [2.24, 2.45) is 5.10 Å². The summed E-state index contributed by atoms with van der Waals surface area (Å²) in [4.78, 5) is 0. The van der Waals surface area contributed by atoms with Crippen molar-refractivity contribution >= 4 is 41.2 Å².